The molecular formula is C58H54BN3. The van der Waals surface area contributed by atoms with Crippen molar-refractivity contribution in [2.75, 3.05) is 14.7 Å². The number of nitrogens with zero attached hydrogens (tertiary/aromatic N) is 3. The maximum atomic E-state index is 2.91. The second-order valence-electron chi connectivity index (χ2n) is 20.5. The molecule has 62 heavy (non-hydrogen) atoms. The normalized spacial score (nSPS) is 25.6. The number of rotatable bonds is 3. The van der Waals surface area contributed by atoms with Crippen molar-refractivity contribution in [3.8, 4) is 11.1 Å². The molecule has 0 radical (unpaired) electrons. The van der Waals surface area contributed by atoms with E-state index in [1.807, 2.05) is 0 Å². The monoisotopic (exact) mass is 803 g/mol. The molecule has 1 saturated carbocycles. The second kappa shape index (κ2) is 12.3. The van der Waals surface area contributed by atoms with Gasteiger partial charge >= 0.3 is 0 Å². The average molecular weight is 804 g/mol. The molecule has 3 nitrogen and oxygen atoms in total. The summed E-state index contributed by atoms with van der Waals surface area (Å²) >= 11 is 0. The molecule has 0 bridgehead atoms. The quantitative estimate of drug-likeness (QED) is 0.165. The lowest BCUT2D eigenvalue weighted by atomic mass is 9.33. The molecule has 4 atom stereocenters. The van der Waals surface area contributed by atoms with Crippen LogP contribution in [0.5, 0.6) is 0 Å². The molecule has 0 spiro atoms. The van der Waals surface area contributed by atoms with Gasteiger partial charge in [0.15, 0.2) is 0 Å². The van der Waals surface area contributed by atoms with Crippen LogP contribution in [0.1, 0.15) is 93.2 Å². The van der Waals surface area contributed by atoms with Crippen LogP contribution in [0.3, 0.4) is 0 Å². The fraction of sp³-hybridized carbons (Fsp3) is 0.276. The molecule has 13 rings (SSSR count). The zero-order chi connectivity index (χ0) is 41.9. The lowest BCUT2D eigenvalue weighted by Crippen LogP contribution is -2.64. The summed E-state index contributed by atoms with van der Waals surface area (Å²) in [5.41, 5.74) is 24.2. The standard InChI is InChI=1S/C58H54BN3/c1-37-22-25-42(26-23-37)60-50-27-24-38(2)32-47(50)59-48-34-41(39-16-8-7-9-17-39)33-46-54(48)62(57(5)30-15-14-29-55(46,57)3)52-36-43(35-51(60)53(52)59)61-49-21-13-12-20-45(49)56(4)31-28-40-18-10-11-19-44(40)58(56,61)6/h7-13,16-27,32-36H,14-15,28-31H2,1-6H3. The van der Waals surface area contributed by atoms with Crippen LogP contribution in [-0.2, 0) is 22.8 Å². The summed E-state index contributed by atoms with van der Waals surface area (Å²) in [5, 5.41) is 0. The molecule has 4 heterocycles. The molecule has 0 aromatic heterocycles. The third-order valence-electron chi connectivity index (χ3n) is 17.5. The van der Waals surface area contributed by atoms with Gasteiger partial charge in [-0.25, -0.2) is 0 Å². The van der Waals surface area contributed by atoms with Gasteiger partial charge in [0.2, 0.25) is 0 Å². The van der Waals surface area contributed by atoms with E-state index in [4.69, 9.17) is 0 Å². The van der Waals surface area contributed by atoms with E-state index in [9.17, 15) is 0 Å². The van der Waals surface area contributed by atoms with E-state index in [1.54, 1.807) is 0 Å². The Morgan fingerprint density at radius 1 is 0.484 bits per heavy atom. The fourth-order valence-electron chi connectivity index (χ4n) is 14.0. The summed E-state index contributed by atoms with van der Waals surface area (Å²) in [7, 11) is 0. The zero-order valence-electron chi connectivity index (χ0n) is 37.0. The Morgan fingerprint density at radius 3 is 2.02 bits per heavy atom. The van der Waals surface area contributed by atoms with Crippen LogP contribution in [0.4, 0.5) is 39.8 Å². The van der Waals surface area contributed by atoms with Crippen molar-refractivity contribution in [2.24, 2.45) is 0 Å². The fourth-order valence-corrected chi connectivity index (χ4v) is 14.0. The summed E-state index contributed by atoms with van der Waals surface area (Å²) < 4.78 is 0. The van der Waals surface area contributed by atoms with E-state index >= 15 is 0 Å². The molecule has 0 saturated heterocycles. The van der Waals surface area contributed by atoms with Crippen molar-refractivity contribution in [3.05, 3.63) is 179 Å². The van der Waals surface area contributed by atoms with Crippen molar-refractivity contribution in [2.45, 2.75) is 102 Å². The van der Waals surface area contributed by atoms with Crippen molar-refractivity contribution < 1.29 is 0 Å². The van der Waals surface area contributed by atoms with Crippen LogP contribution in [0, 0.1) is 13.8 Å². The largest absolute Gasteiger partial charge is 0.335 e. The summed E-state index contributed by atoms with van der Waals surface area (Å²) in [4.78, 5) is 8.32. The summed E-state index contributed by atoms with van der Waals surface area (Å²) in [6.07, 6.45) is 7.06. The molecule has 4 aliphatic heterocycles. The topological polar surface area (TPSA) is 9.72 Å². The van der Waals surface area contributed by atoms with Gasteiger partial charge in [-0.05, 0) is 146 Å². The van der Waals surface area contributed by atoms with Gasteiger partial charge in [0.05, 0.1) is 11.1 Å². The second-order valence-corrected chi connectivity index (χ2v) is 20.5. The zero-order valence-corrected chi connectivity index (χ0v) is 37.0. The van der Waals surface area contributed by atoms with Gasteiger partial charge in [0, 0.05) is 50.6 Å². The highest BCUT2D eigenvalue weighted by Crippen LogP contribution is 2.66. The van der Waals surface area contributed by atoms with Crippen LogP contribution < -0.4 is 31.1 Å². The summed E-state index contributed by atoms with van der Waals surface area (Å²) in [6.45, 7) is 14.9. The summed E-state index contributed by atoms with van der Waals surface area (Å²) in [6, 6.07) is 56.8. The van der Waals surface area contributed by atoms with Gasteiger partial charge < -0.3 is 14.7 Å². The molecule has 4 heteroatoms. The van der Waals surface area contributed by atoms with Crippen molar-refractivity contribution in [1.29, 1.82) is 0 Å². The SMILES string of the molecule is Cc1ccc(N2c3ccc(C)cc3B3c4cc(-c5ccccc5)cc5c4N(c4cc(N6c7ccccc7C7(C)CCc8ccccc8C67C)cc2c43)C2(C)CCCCC52C)cc1. The molecule has 0 amide bonds. The lowest BCUT2D eigenvalue weighted by Gasteiger charge is -2.54. The van der Waals surface area contributed by atoms with Gasteiger partial charge in [-0.15, -0.1) is 0 Å². The highest BCUT2D eigenvalue weighted by molar-refractivity contribution is 7.00. The highest BCUT2D eigenvalue weighted by atomic mass is 15.3. The lowest BCUT2D eigenvalue weighted by molar-refractivity contribution is 0.195. The maximum absolute atomic E-state index is 2.91. The number of benzene rings is 7. The van der Waals surface area contributed by atoms with E-state index in [-0.39, 0.29) is 28.6 Å². The Hall–Kier alpha value is -6.00. The van der Waals surface area contributed by atoms with Crippen LogP contribution >= 0.6 is 0 Å². The van der Waals surface area contributed by atoms with Crippen LogP contribution in [0.2, 0.25) is 0 Å². The van der Waals surface area contributed by atoms with Crippen LogP contribution in [-0.4, -0.2) is 12.3 Å². The predicted octanol–water partition coefficient (Wildman–Crippen LogP) is 12.6. The van der Waals surface area contributed by atoms with E-state index in [1.165, 1.54) is 120 Å². The van der Waals surface area contributed by atoms with E-state index in [0.717, 1.165) is 19.3 Å². The van der Waals surface area contributed by atoms with Gasteiger partial charge in [0.1, 0.15) is 0 Å². The molecule has 2 aliphatic carbocycles. The minimum absolute atomic E-state index is 0.0182. The average Bonchev–Trinajstić information content (AvgIpc) is 3.64. The van der Waals surface area contributed by atoms with Gasteiger partial charge in [-0.3, -0.25) is 0 Å². The highest BCUT2D eigenvalue weighted by Gasteiger charge is 2.63. The van der Waals surface area contributed by atoms with E-state index in [2.05, 4.69) is 202 Å². The Kier molecular flexibility index (Phi) is 7.29. The predicted molar refractivity (Wildman–Crippen MR) is 262 cm³/mol. The first kappa shape index (κ1) is 36.6. The molecule has 6 aliphatic rings. The maximum Gasteiger partial charge on any atom is 0.252 e. The Labute approximate surface area is 368 Å². The van der Waals surface area contributed by atoms with Crippen LogP contribution in [0.25, 0.3) is 11.1 Å². The van der Waals surface area contributed by atoms with Crippen molar-refractivity contribution >= 4 is 62.9 Å². The van der Waals surface area contributed by atoms with E-state index < -0.39 is 0 Å². The first-order valence-electron chi connectivity index (χ1n) is 23.2. The van der Waals surface area contributed by atoms with Crippen molar-refractivity contribution in [3.63, 3.8) is 0 Å². The Morgan fingerprint density at radius 2 is 1.19 bits per heavy atom. The molecule has 7 aromatic carbocycles. The molecule has 1 fully saturated rings. The number of anilines is 7. The van der Waals surface area contributed by atoms with Crippen molar-refractivity contribution in [1.82, 2.24) is 0 Å². The van der Waals surface area contributed by atoms with Gasteiger partial charge in [0.25, 0.3) is 6.71 Å². The molecule has 4 unspecified atom stereocenters. The molecule has 0 N–H and O–H groups in total. The number of fused-ring (bicyclic) bond motifs is 12. The van der Waals surface area contributed by atoms with Gasteiger partial charge in [-0.1, -0.05) is 141 Å². The first-order valence-corrected chi connectivity index (χ1v) is 23.2. The van der Waals surface area contributed by atoms with Gasteiger partial charge in [-0.2, -0.15) is 0 Å². The Balaban J connectivity index is 1.17. The molecule has 304 valence electrons. The smallest absolute Gasteiger partial charge is 0.252 e. The molecular weight excluding hydrogens is 749 g/mol. The number of hydrogen-bond acceptors (Lipinski definition) is 3. The van der Waals surface area contributed by atoms with Crippen LogP contribution in [0.15, 0.2) is 146 Å². The number of para-hydroxylation sites is 1. The third kappa shape index (κ3) is 4.39. The summed E-state index contributed by atoms with van der Waals surface area (Å²) in [5.74, 6) is 0. The number of aryl methyl sites for hydroxylation is 3. The molecule has 7 aromatic rings. The number of hydrogen-bond donors (Lipinski definition) is 0. The van der Waals surface area contributed by atoms with E-state index in [0.29, 0.717) is 0 Å². The first-order chi connectivity index (χ1) is 30.0. The Bertz CT molecular complexity index is 3040. The minimum atomic E-state index is -0.305. The minimum Gasteiger partial charge on any atom is -0.335 e. The third-order valence-corrected chi connectivity index (χ3v) is 17.5.